The van der Waals surface area contributed by atoms with Crippen LogP contribution in [-0.4, -0.2) is 49.1 Å². The monoisotopic (exact) mass is 198 g/mol. The maximum Gasteiger partial charge on any atom is 0.0109 e. The fourth-order valence-electron chi connectivity index (χ4n) is 2.18. The van der Waals surface area contributed by atoms with Gasteiger partial charge >= 0.3 is 0 Å². The van der Waals surface area contributed by atoms with Crippen molar-refractivity contribution in [1.29, 1.82) is 0 Å². The molecule has 0 unspecified atom stereocenters. The minimum atomic E-state index is 1.20. The molecule has 0 amide bonds. The molecule has 0 aromatic carbocycles. The molecule has 2 heteroatoms. The second-order valence-electron chi connectivity index (χ2n) is 4.28. The van der Waals surface area contributed by atoms with Crippen molar-refractivity contribution < 1.29 is 0 Å². The first-order valence-corrected chi connectivity index (χ1v) is 6.31. The highest BCUT2D eigenvalue weighted by Gasteiger charge is 2.09. The minimum absolute atomic E-state index is 1.20. The second-order valence-corrected chi connectivity index (χ2v) is 4.28. The van der Waals surface area contributed by atoms with Gasteiger partial charge < -0.3 is 9.80 Å². The SMILES string of the molecule is CCN(CC)CCN1CCCCCC1. The van der Waals surface area contributed by atoms with E-state index in [0.717, 1.165) is 0 Å². The van der Waals surface area contributed by atoms with Crippen LogP contribution in [0.3, 0.4) is 0 Å². The molecule has 2 nitrogen and oxygen atoms in total. The highest BCUT2D eigenvalue weighted by molar-refractivity contribution is 4.65. The number of hydrogen-bond donors (Lipinski definition) is 0. The third kappa shape index (κ3) is 4.43. The van der Waals surface area contributed by atoms with E-state index in [0.29, 0.717) is 0 Å². The summed E-state index contributed by atoms with van der Waals surface area (Å²) in [5.74, 6) is 0. The molecule has 84 valence electrons. The molecule has 1 heterocycles. The van der Waals surface area contributed by atoms with Gasteiger partial charge in [0.25, 0.3) is 0 Å². The lowest BCUT2D eigenvalue weighted by atomic mass is 10.2. The quantitative estimate of drug-likeness (QED) is 0.668. The molecular weight excluding hydrogens is 172 g/mol. The zero-order valence-corrected chi connectivity index (χ0v) is 9.97. The van der Waals surface area contributed by atoms with Gasteiger partial charge in [0.1, 0.15) is 0 Å². The van der Waals surface area contributed by atoms with Gasteiger partial charge in [0.15, 0.2) is 0 Å². The largest absolute Gasteiger partial charge is 0.303 e. The van der Waals surface area contributed by atoms with Crippen LogP contribution in [0, 0.1) is 0 Å². The van der Waals surface area contributed by atoms with Crippen molar-refractivity contribution in [2.45, 2.75) is 39.5 Å². The molecule has 1 fully saturated rings. The summed E-state index contributed by atoms with van der Waals surface area (Å²) in [6.07, 6.45) is 5.72. The molecular formula is C12H26N2. The molecule has 14 heavy (non-hydrogen) atoms. The molecule has 0 atom stereocenters. The predicted molar refractivity (Wildman–Crippen MR) is 62.7 cm³/mol. The Morgan fingerprint density at radius 2 is 1.50 bits per heavy atom. The first kappa shape index (κ1) is 12.0. The third-order valence-electron chi connectivity index (χ3n) is 3.33. The third-order valence-corrected chi connectivity index (χ3v) is 3.33. The lowest BCUT2D eigenvalue weighted by Crippen LogP contribution is -2.35. The van der Waals surface area contributed by atoms with Crippen LogP contribution in [0.5, 0.6) is 0 Å². The van der Waals surface area contributed by atoms with Gasteiger partial charge in [0.2, 0.25) is 0 Å². The van der Waals surface area contributed by atoms with Crippen molar-refractivity contribution in [3.63, 3.8) is 0 Å². The summed E-state index contributed by atoms with van der Waals surface area (Å²) in [5.41, 5.74) is 0. The minimum Gasteiger partial charge on any atom is -0.303 e. The molecule has 0 aliphatic carbocycles. The summed E-state index contributed by atoms with van der Waals surface area (Å²) in [6, 6.07) is 0. The average molecular weight is 198 g/mol. The van der Waals surface area contributed by atoms with E-state index >= 15 is 0 Å². The van der Waals surface area contributed by atoms with Crippen molar-refractivity contribution >= 4 is 0 Å². The Morgan fingerprint density at radius 1 is 0.929 bits per heavy atom. The number of likely N-dealkylation sites (N-methyl/N-ethyl adjacent to an activating group) is 1. The number of hydrogen-bond acceptors (Lipinski definition) is 2. The van der Waals surface area contributed by atoms with Crippen molar-refractivity contribution in [3.8, 4) is 0 Å². The molecule has 0 bridgehead atoms. The Hall–Kier alpha value is -0.0800. The number of likely N-dealkylation sites (tertiary alicyclic amines) is 1. The van der Waals surface area contributed by atoms with Gasteiger partial charge in [-0.2, -0.15) is 0 Å². The molecule has 1 rings (SSSR count). The van der Waals surface area contributed by atoms with Crippen molar-refractivity contribution in [1.82, 2.24) is 9.80 Å². The van der Waals surface area contributed by atoms with E-state index < -0.39 is 0 Å². The standard InChI is InChI=1S/C12H26N2/c1-3-13(4-2)11-12-14-9-7-5-6-8-10-14/h3-12H2,1-2H3. The molecule has 0 radical (unpaired) electrons. The Morgan fingerprint density at radius 3 is 2.00 bits per heavy atom. The summed E-state index contributed by atoms with van der Waals surface area (Å²) >= 11 is 0. The van der Waals surface area contributed by atoms with E-state index in [-0.39, 0.29) is 0 Å². The Labute approximate surface area is 89.3 Å². The molecule has 0 aromatic heterocycles. The smallest absolute Gasteiger partial charge is 0.0109 e. The maximum absolute atomic E-state index is 2.64. The predicted octanol–water partition coefficient (Wildman–Crippen LogP) is 2.20. The van der Waals surface area contributed by atoms with Crippen LogP contribution >= 0.6 is 0 Å². The van der Waals surface area contributed by atoms with Gasteiger partial charge in [-0.3, -0.25) is 0 Å². The summed E-state index contributed by atoms with van der Waals surface area (Å²) in [7, 11) is 0. The summed E-state index contributed by atoms with van der Waals surface area (Å²) in [4.78, 5) is 5.16. The normalized spacial score (nSPS) is 19.9. The number of nitrogens with zero attached hydrogens (tertiary/aromatic N) is 2. The first-order valence-electron chi connectivity index (χ1n) is 6.31. The van der Waals surface area contributed by atoms with Crippen LogP contribution in [0.4, 0.5) is 0 Å². The highest BCUT2D eigenvalue weighted by atomic mass is 15.2. The van der Waals surface area contributed by atoms with E-state index in [1.165, 1.54) is 65.0 Å². The molecule has 1 aliphatic rings. The highest BCUT2D eigenvalue weighted by Crippen LogP contribution is 2.09. The number of rotatable bonds is 5. The topological polar surface area (TPSA) is 6.48 Å². The first-order chi connectivity index (χ1) is 6.86. The van der Waals surface area contributed by atoms with E-state index in [1.54, 1.807) is 0 Å². The molecule has 0 aromatic rings. The van der Waals surface area contributed by atoms with Crippen molar-refractivity contribution in [3.05, 3.63) is 0 Å². The van der Waals surface area contributed by atoms with Gasteiger partial charge in [0, 0.05) is 13.1 Å². The molecule has 1 aliphatic heterocycles. The lowest BCUT2D eigenvalue weighted by Gasteiger charge is -2.24. The fraction of sp³-hybridized carbons (Fsp3) is 1.00. The molecule has 1 saturated heterocycles. The van der Waals surface area contributed by atoms with Crippen LogP contribution in [0.15, 0.2) is 0 Å². The van der Waals surface area contributed by atoms with Crippen LogP contribution in [-0.2, 0) is 0 Å². The summed E-state index contributed by atoms with van der Waals surface area (Å²) < 4.78 is 0. The van der Waals surface area contributed by atoms with Crippen LogP contribution in [0.25, 0.3) is 0 Å². The second kappa shape index (κ2) is 7.24. The zero-order chi connectivity index (χ0) is 10.2. The van der Waals surface area contributed by atoms with E-state index in [9.17, 15) is 0 Å². The van der Waals surface area contributed by atoms with Crippen molar-refractivity contribution in [2.24, 2.45) is 0 Å². The molecule has 0 spiro atoms. The van der Waals surface area contributed by atoms with Crippen molar-refractivity contribution in [2.75, 3.05) is 39.3 Å². The maximum atomic E-state index is 2.64. The van der Waals surface area contributed by atoms with Crippen LogP contribution in [0.1, 0.15) is 39.5 Å². The van der Waals surface area contributed by atoms with Gasteiger partial charge in [-0.05, 0) is 39.0 Å². The summed E-state index contributed by atoms with van der Waals surface area (Å²) in [6.45, 7) is 12.1. The Bertz CT molecular complexity index is 124. The zero-order valence-electron chi connectivity index (χ0n) is 9.97. The lowest BCUT2D eigenvalue weighted by molar-refractivity contribution is 0.219. The van der Waals surface area contributed by atoms with E-state index in [4.69, 9.17) is 0 Å². The molecule has 0 N–H and O–H groups in total. The summed E-state index contributed by atoms with van der Waals surface area (Å²) in [5, 5.41) is 0. The van der Waals surface area contributed by atoms with Crippen LogP contribution < -0.4 is 0 Å². The Balaban J connectivity index is 2.14. The fourth-order valence-corrected chi connectivity index (χ4v) is 2.18. The van der Waals surface area contributed by atoms with E-state index in [1.807, 2.05) is 0 Å². The molecule has 0 saturated carbocycles. The Kier molecular flexibility index (Phi) is 6.20. The average Bonchev–Trinajstić information content (AvgIpc) is 2.48. The van der Waals surface area contributed by atoms with Crippen LogP contribution in [0.2, 0.25) is 0 Å². The van der Waals surface area contributed by atoms with Gasteiger partial charge in [-0.15, -0.1) is 0 Å². The van der Waals surface area contributed by atoms with Gasteiger partial charge in [-0.1, -0.05) is 26.7 Å². The van der Waals surface area contributed by atoms with Gasteiger partial charge in [0.05, 0.1) is 0 Å². The van der Waals surface area contributed by atoms with E-state index in [2.05, 4.69) is 23.6 Å². The van der Waals surface area contributed by atoms with Gasteiger partial charge in [-0.25, -0.2) is 0 Å².